The van der Waals surface area contributed by atoms with E-state index in [1.807, 2.05) is 12.1 Å². The van der Waals surface area contributed by atoms with E-state index in [2.05, 4.69) is 20.4 Å². The number of piperazine rings is 1. The Labute approximate surface area is 230 Å². The van der Waals surface area contributed by atoms with Crippen LogP contribution in [0.1, 0.15) is 24.8 Å². The number of hydrogen-bond acceptors (Lipinski definition) is 6. The first-order valence-electron chi connectivity index (χ1n) is 12.2. The highest BCUT2D eigenvalue weighted by atomic mass is 35.5. The number of pyridine rings is 1. The van der Waals surface area contributed by atoms with E-state index in [0.29, 0.717) is 85.9 Å². The van der Waals surface area contributed by atoms with Crippen molar-refractivity contribution in [2.75, 3.05) is 44.2 Å². The molecule has 2 fully saturated rings. The Morgan fingerprint density at radius 3 is 2.41 bits per heavy atom. The first-order chi connectivity index (χ1) is 17.8. The summed E-state index contributed by atoms with van der Waals surface area (Å²) in [5.74, 6) is 0.648. The lowest BCUT2D eigenvalue weighted by Gasteiger charge is -2.37. The lowest BCUT2D eigenvalue weighted by Crippen LogP contribution is -2.52. The minimum atomic E-state index is -0.533. The quantitative estimate of drug-likeness (QED) is 0.600. The second-order valence-corrected chi connectivity index (χ2v) is 10.7. The highest BCUT2D eigenvalue weighted by Gasteiger charge is 2.45. The van der Waals surface area contributed by atoms with Crippen LogP contribution in [0.25, 0.3) is 0 Å². The van der Waals surface area contributed by atoms with E-state index in [9.17, 15) is 9.59 Å². The van der Waals surface area contributed by atoms with Gasteiger partial charge in [-0.25, -0.2) is 9.78 Å². The number of hydrogen-bond donors (Lipinski definition) is 1. The van der Waals surface area contributed by atoms with E-state index in [4.69, 9.17) is 39.6 Å². The molecule has 196 valence electrons. The maximum absolute atomic E-state index is 13.1. The number of nitrogens with one attached hydrogen (secondary N) is 1. The predicted octanol–water partition coefficient (Wildman–Crippen LogP) is 4.21. The van der Waals surface area contributed by atoms with Crippen molar-refractivity contribution in [3.63, 3.8) is 0 Å². The van der Waals surface area contributed by atoms with E-state index in [1.54, 1.807) is 34.2 Å². The minimum Gasteiger partial charge on any atom is -0.388 e. The first-order valence-corrected chi connectivity index (χ1v) is 13.3. The van der Waals surface area contributed by atoms with E-state index in [1.165, 1.54) is 0 Å². The molecule has 9 nitrogen and oxygen atoms in total. The first kappa shape index (κ1) is 25.9. The van der Waals surface area contributed by atoms with Crippen molar-refractivity contribution >= 4 is 58.3 Å². The average molecular weight is 566 g/mol. The van der Waals surface area contributed by atoms with E-state index >= 15 is 0 Å². The van der Waals surface area contributed by atoms with E-state index in [0.717, 1.165) is 11.4 Å². The van der Waals surface area contributed by atoms with Crippen LogP contribution in [-0.2, 0) is 16.2 Å². The molecule has 3 amide bonds. The zero-order chi connectivity index (χ0) is 26.0. The molecular formula is C25H27Cl3N6O3. The second-order valence-electron chi connectivity index (χ2n) is 9.47. The fourth-order valence-corrected chi connectivity index (χ4v) is 5.44. The van der Waals surface area contributed by atoms with Gasteiger partial charge in [-0.05, 0) is 29.8 Å². The van der Waals surface area contributed by atoms with Crippen LogP contribution in [-0.4, -0.2) is 77.3 Å². The van der Waals surface area contributed by atoms with Crippen molar-refractivity contribution in [1.29, 1.82) is 0 Å². The Balaban J connectivity index is 1.08. The Kier molecular flexibility index (Phi) is 7.65. The number of urea groups is 1. The lowest BCUT2D eigenvalue weighted by molar-refractivity contribution is -0.124. The zero-order valence-corrected chi connectivity index (χ0v) is 22.4. The molecule has 12 heteroatoms. The molecule has 0 saturated carbocycles. The smallest absolute Gasteiger partial charge is 0.317 e. The molecule has 1 spiro atoms. The van der Waals surface area contributed by atoms with Gasteiger partial charge in [-0.1, -0.05) is 46.0 Å². The fraction of sp³-hybridized carbons (Fsp3) is 0.440. The van der Waals surface area contributed by atoms with Gasteiger partial charge in [0.15, 0.2) is 0 Å². The normalized spacial score (nSPS) is 19.0. The zero-order valence-electron chi connectivity index (χ0n) is 20.1. The number of amides is 3. The molecule has 0 atom stereocenters. The summed E-state index contributed by atoms with van der Waals surface area (Å²) in [7, 11) is 0. The number of rotatable bonds is 4. The van der Waals surface area contributed by atoms with Gasteiger partial charge < -0.3 is 24.9 Å². The Morgan fingerprint density at radius 2 is 1.70 bits per heavy atom. The highest BCUT2D eigenvalue weighted by Crippen LogP contribution is 2.35. The van der Waals surface area contributed by atoms with Crippen LogP contribution in [0.4, 0.5) is 10.6 Å². The van der Waals surface area contributed by atoms with Crippen LogP contribution in [0.15, 0.2) is 41.7 Å². The average Bonchev–Trinajstić information content (AvgIpc) is 3.33. The largest absolute Gasteiger partial charge is 0.388 e. The third-order valence-electron chi connectivity index (χ3n) is 7.08. The molecule has 0 bridgehead atoms. The van der Waals surface area contributed by atoms with E-state index in [-0.39, 0.29) is 11.9 Å². The SMILES string of the molecule is O=C(NCc1ccc(Cl)c(Cl)c1)N1CCC2(CC1)CC(C(=O)N1CCN(c3ncccc3Cl)CC1)=NO2. The maximum Gasteiger partial charge on any atom is 0.317 e. The summed E-state index contributed by atoms with van der Waals surface area (Å²) in [5.41, 5.74) is 0.784. The topological polar surface area (TPSA) is 90.4 Å². The summed E-state index contributed by atoms with van der Waals surface area (Å²) in [6.07, 6.45) is 3.39. The molecule has 1 aromatic carbocycles. The Hall–Kier alpha value is -2.75. The standard InChI is InChI=1S/C25H27Cl3N6O3/c26-18-4-3-17(14-20(18)28)16-30-24(36)34-8-5-25(6-9-34)15-21(31-37-25)23(35)33-12-10-32(11-13-33)22-19(27)2-1-7-29-22/h1-4,7,14H,5-6,8-13,15-16H2,(H,30,36). The van der Waals surface area contributed by atoms with Gasteiger partial charge in [0.25, 0.3) is 5.91 Å². The summed E-state index contributed by atoms with van der Waals surface area (Å²) in [4.78, 5) is 41.6. The molecule has 4 heterocycles. The van der Waals surface area contributed by atoms with E-state index < -0.39 is 5.60 Å². The summed E-state index contributed by atoms with van der Waals surface area (Å²) >= 11 is 18.3. The molecule has 0 radical (unpaired) electrons. The number of benzene rings is 1. The van der Waals surface area contributed by atoms with Crippen molar-refractivity contribution in [2.24, 2.45) is 5.16 Å². The van der Waals surface area contributed by atoms with Gasteiger partial charge in [0, 0.05) is 71.3 Å². The molecule has 0 unspecified atom stereocenters. The van der Waals surface area contributed by atoms with Crippen LogP contribution in [0.3, 0.4) is 0 Å². The summed E-state index contributed by atoms with van der Waals surface area (Å²) in [6.45, 7) is 3.81. The van der Waals surface area contributed by atoms with Crippen molar-refractivity contribution < 1.29 is 14.4 Å². The van der Waals surface area contributed by atoms with Gasteiger partial charge in [-0.3, -0.25) is 4.79 Å². The molecule has 0 aliphatic carbocycles. The van der Waals surface area contributed by atoms with Crippen molar-refractivity contribution in [2.45, 2.75) is 31.4 Å². The number of halogens is 3. The number of carbonyl (C=O) groups is 2. The summed E-state index contributed by atoms with van der Waals surface area (Å²) in [5, 5.41) is 8.63. The Morgan fingerprint density at radius 1 is 0.946 bits per heavy atom. The number of carbonyl (C=O) groups excluding carboxylic acids is 2. The highest BCUT2D eigenvalue weighted by molar-refractivity contribution is 6.42. The Bertz CT molecular complexity index is 1210. The van der Waals surface area contributed by atoms with Crippen LogP contribution in [0.5, 0.6) is 0 Å². The molecule has 1 aromatic heterocycles. The lowest BCUT2D eigenvalue weighted by atomic mass is 9.86. The van der Waals surface area contributed by atoms with Gasteiger partial charge in [0.05, 0.1) is 15.1 Å². The predicted molar refractivity (Wildman–Crippen MR) is 143 cm³/mol. The number of nitrogens with zero attached hydrogens (tertiary/aromatic N) is 5. The number of anilines is 1. The fourth-order valence-electron chi connectivity index (χ4n) is 4.87. The molecule has 2 saturated heterocycles. The van der Waals surface area contributed by atoms with Crippen molar-refractivity contribution in [3.8, 4) is 0 Å². The van der Waals surface area contributed by atoms with Gasteiger partial charge in [-0.15, -0.1) is 0 Å². The molecule has 3 aliphatic heterocycles. The minimum absolute atomic E-state index is 0.0922. The van der Waals surface area contributed by atoms with Crippen molar-refractivity contribution in [3.05, 3.63) is 57.2 Å². The molecule has 2 aromatic rings. The number of aromatic nitrogens is 1. The molecule has 1 N–H and O–H groups in total. The third-order valence-corrected chi connectivity index (χ3v) is 8.12. The van der Waals surface area contributed by atoms with Crippen LogP contribution in [0.2, 0.25) is 15.1 Å². The van der Waals surface area contributed by atoms with Crippen LogP contribution in [0, 0.1) is 0 Å². The van der Waals surface area contributed by atoms with Gasteiger partial charge in [-0.2, -0.15) is 0 Å². The molecular weight excluding hydrogens is 539 g/mol. The summed E-state index contributed by atoms with van der Waals surface area (Å²) in [6, 6.07) is 8.75. The summed E-state index contributed by atoms with van der Waals surface area (Å²) < 4.78 is 0. The van der Waals surface area contributed by atoms with Gasteiger partial charge >= 0.3 is 6.03 Å². The van der Waals surface area contributed by atoms with Crippen LogP contribution >= 0.6 is 34.8 Å². The monoisotopic (exact) mass is 564 g/mol. The maximum atomic E-state index is 13.1. The molecule has 5 rings (SSSR count). The van der Waals surface area contributed by atoms with Gasteiger partial charge in [0.2, 0.25) is 0 Å². The van der Waals surface area contributed by atoms with Crippen molar-refractivity contribution in [1.82, 2.24) is 20.1 Å². The molecule has 3 aliphatic rings. The third kappa shape index (κ3) is 5.73. The number of likely N-dealkylation sites (tertiary alicyclic amines) is 1. The second kappa shape index (κ2) is 10.9. The van der Waals surface area contributed by atoms with Crippen LogP contribution < -0.4 is 10.2 Å². The number of piperidine rings is 1. The van der Waals surface area contributed by atoms with Gasteiger partial charge in [0.1, 0.15) is 17.1 Å². The number of oxime groups is 1. The molecule has 37 heavy (non-hydrogen) atoms.